The molecule has 0 spiro atoms. The Hall–Kier alpha value is -0.140. The molecule has 4 nitrogen and oxygen atoms in total. The normalized spacial score (nSPS) is 27.2. The molecular formula is C10H15ClN2O2S2. The lowest BCUT2D eigenvalue weighted by Gasteiger charge is -2.35. The van der Waals surface area contributed by atoms with Gasteiger partial charge in [0.2, 0.25) is 0 Å². The predicted octanol–water partition coefficient (Wildman–Crippen LogP) is 2.11. The molecule has 2 rings (SSSR count). The highest BCUT2D eigenvalue weighted by Gasteiger charge is 2.35. The maximum absolute atomic E-state index is 12.4. The topological polar surface area (TPSA) is 63.4 Å². The molecule has 0 radical (unpaired) electrons. The van der Waals surface area contributed by atoms with E-state index in [9.17, 15) is 8.42 Å². The molecule has 0 aliphatic carbocycles. The van der Waals surface area contributed by atoms with Crippen LogP contribution in [0.25, 0.3) is 0 Å². The molecule has 1 aliphatic heterocycles. The molecule has 1 saturated heterocycles. The summed E-state index contributed by atoms with van der Waals surface area (Å²) in [5.74, 6) is 0.189. The molecular weight excluding hydrogens is 280 g/mol. The minimum Gasteiger partial charge on any atom is -0.315 e. The van der Waals surface area contributed by atoms with Crippen molar-refractivity contribution < 1.29 is 8.42 Å². The Bertz CT molecular complexity index is 500. The van der Waals surface area contributed by atoms with Crippen molar-refractivity contribution in [2.24, 2.45) is 11.7 Å². The number of hydrogen-bond donors (Lipinski definition) is 1. The Balaban J connectivity index is 2.32. The second-order valence-electron chi connectivity index (χ2n) is 4.28. The summed E-state index contributed by atoms with van der Waals surface area (Å²) in [6, 6.07) is 3.13. The SMILES string of the molecule is CC1CCCN(S(=O)(=O)c2ccc(Cl)s2)C1N. The molecule has 0 aromatic carbocycles. The van der Waals surface area contributed by atoms with Gasteiger partial charge in [-0.2, -0.15) is 4.31 Å². The van der Waals surface area contributed by atoms with Crippen molar-refractivity contribution in [3.05, 3.63) is 16.5 Å². The van der Waals surface area contributed by atoms with Gasteiger partial charge >= 0.3 is 0 Å². The fourth-order valence-corrected chi connectivity index (χ4v) is 5.27. The Labute approximate surface area is 110 Å². The molecule has 96 valence electrons. The highest BCUT2D eigenvalue weighted by molar-refractivity contribution is 7.91. The van der Waals surface area contributed by atoms with E-state index in [0.29, 0.717) is 10.9 Å². The number of thiophene rings is 1. The van der Waals surface area contributed by atoms with Gasteiger partial charge in [-0.15, -0.1) is 11.3 Å². The average molecular weight is 295 g/mol. The van der Waals surface area contributed by atoms with E-state index in [0.717, 1.165) is 24.2 Å². The highest BCUT2D eigenvalue weighted by Crippen LogP contribution is 2.31. The Morgan fingerprint density at radius 1 is 1.53 bits per heavy atom. The lowest BCUT2D eigenvalue weighted by Crippen LogP contribution is -2.52. The minimum atomic E-state index is -3.48. The molecule has 2 unspecified atom stereocenters. The Kier molecular flexibility index (Phi) is 3.80. The number of hydrogen-bond acceptors (Lipinski definition) is 4. The van der Waals surface area contributed by atoms with Crippen LogP contribution in [0.3, 0.4) is 0 Å². The molecule has 2 atom stereocenters. The third-order valence-corrected chi connectivity index (χ3v) is 6.66. The van der Waals surface area contributed by atoms with Gasteiger partial charge < -0.3 is 5.73 Å². The molecule has 1 aromatic rings. The van der Waals surface area contributed by atoms with Crippen molar-refractivity contribution in [3.63, 3.8) is 0 Å². The molecule has 1 fully saturated rings. The maximum atomic E-state index is 12.4. The van der Waals surface area contributed by atoms with Crippen molar-refractivity contribution in [2.45, 2.75) is 30.1 Å². The van der Waals surface area contributed by atoms with E-state index in [2.05, 4.69) is 0 Å². The van der Waals surface area contributed by atoms with Gasteiger partial charge in [-0.05, 0) is 30.9 Å². The van der Waals surface area contributed by atoms with Gasteiger partial charge in [0.25, 0.3) is 10.0 Å². The van der Waals surface area contributed by atoms with Crippen LogP contribution in [0.2, 0.25) is 4.34 Å². The summed E-state index contributed by atoms with van der Waals surface area (Å²) in [5, 5.41) is 0. The van der Waals surface area contributed by atoms with Crippen LogP contribution in [0.15, 0.2) is 16.3 Å². The zero-order chi connectivity index (χ0) is 12.6. The van der Waals surface area contributed by atoms with Gasteiger partial charge in [0.05, 0.1) is 10.5 Å². The van der Waals surface area contributed by atoms with Gasteiger partial charge in [-0.1, -0.05) is 18.5 Å². The summed E-state index contributed by atoms with van der Waals surface area (Å²) in [6.45, 7) is 2.47. The van der Waals surface area contributed by atoms with Crippen LogP contribution in [0.1, 0.15) is 19.8 Å². The third kappa shape index (κ3) is 2.51. The Morgan fingerprint density at radius 2 is 2.24 bits per heavy atom. The summed E-state index contributed by atoms with van der Waals surface area (Å²) in [5.41, 5.74) is 5.97. The standard InChI is InChI=1S/C10H15ClN2O2S2/c1-7-3-2-6-13(10(7)12)17(14,15)9-5-4-8(11)16-9/h4-5,7,10H,2-3,6,12H2,1H3. The van der Waals surface area contributed by atoms with E-state index in [1.54, 1.807) is 6.07 Å². The van der Waals surface area contributed by atoms with Crippen LogP contribution < -0.4 is 5.73 Å². The van der Waals surface area contributed by atoms with E-state index in [1.165, 1.54) is 10.4 Å². The average Bonchev–Trinajstić information content (AvgIpc) is 2.69. The molecule has 1 aromatic heterocycles. The first-order valence-electron chi connectivity index (χ1n) is 5.45. The minimum absolute atomic E-state index is 0.189. The van der Waals surface area contributed by atoms with Gasteiger partial charge in [0.15, 0.2) is 0 Å². The largest absolute Gasteiger partial charge is 0.315 e. The molecule has 0 bridgehead atoms. The zero-order valence-electron chi connectivity index (χ0n) is 9.47. The number of nitrogens with zero attached hydrogens (tertiary/aromatic N) is 1. The lowest BCUT2D eigenvalue weighted by molar-refractivity contribution is 0.192. The van der Waals surface area contributed by atoms with E-state index in [4.69, 9.17) is 17.3 Å². The molecule has 7 heteroatoms. The lowest BCUT2D eigenvalue weighted by atomic mass is 9.99. The van der Waals surface area contributed by atoms with Crippen molar-refractivity contribution >= 4 is 33.0 Å². The van der Waals surface area contributed by atoms with Gasteiger partial charge in [-0.25, -0.2) is 8.42 Å². The predicted molar refractivity (Wildman–Crippen MR) is 69.6 cm³/mol. The van der Waals surface area contributed by atoms with E-state index in [-0.39, 0.29) is 10.1 Å². The van der Waals surface area contributed by atoms with Crippen molar-refractivity contribution in [1.82, 2.24) is 4.31 Å². The van der Waals surface area contributed by atoms with Gasteiger partial charge in [0.1, 0.15) is 4.21 Å². The molecule has 17 heavy (non-hydrogen) atoms. The molecule has 2 N–H and O–H groups in total. The summed E-state index contributed by atoms with van der Waals surface area (Å²) in [4.78, 5) is 0. The third-order valence-electron chi connectivity index (χ3n) is 3.07. The fourth-order valence-electron chi connectivity index (χ4n) is 2.01. The molecule has 0 saturated carbocycles. The second-order valence-corrected chi connectivity index (χ2v) is 8.12. The quantitative estimate of drug-likeness (QED) is 0.908. The summed E-state index contributed by atoms with van der Waals surface area (Å²) < 4.78 is 26.8. The second kappa shape index (κ2) is 4.85. The van der Waals surface area contributed by atoms with Crippen LogP contribution in [0.5, 0.6) is 0 Å². The Morgan fingerprint density at radius 3 is 2.82 bits per heavy atom. The first kappa shape index (κ1) is 13.3. The number of nitrogens with two attached hydrogens (primary N) is 1. The summed E-state index contributed by atoms with van der Waals surface area (Å²) in [6.07, 6.45) is 1.39. The fraction of sp³-hybridized carbons (Fsp3) is 0.600. The molecule has 1 aliphatic rings. The van der Waals surface area contributed by atoms with Crippen LogP contribution in [-0.2, 0) is 10.0 Å². The first-order valence-corrected chi connectivity index (χ1v) is 8.09. The van der Waals surface area contributed by atoms with E-state index < -0.39 is 16.2 Å². The molecule has 2 heterocycles. The van der Waals surface area contributed by atoms with Crippen molar-refractivity contribution in [1.29, 1.82) is 0 Å². The van der Waals surface area contributed by atoms with Crippen LogP contribution in [0, 0.1) is 5.92 Å². The van der Waals surface area contributed by atoms with E-state index in [1.807, 2.05) is 6.92 Å². The van der Waals surface area contributed by atoms with Crippen molar-refractivity contribution in [3.8, 4) is 0 Å². The van der Waals surface area contributed by atoms with E-state index >= 15 is 0 Å². The monoisotopic (exact) mass is 294 g/mol. The van der Waals surface area contributed by atoms with Crippen LogP contribution in [0.4, 0.5) is 0 Å². The van der Waals surface area contributed by atoms with Gasteiger partial charge in [0, 0.05) is 6.54 Å². The number of halogens is 1. The number of piperidine rings is 1. The smallest absolute Gasteiger partial charge is 0.253 e. The highest BCUT2D eigenvalue weighted by atomic mass is 35.5. The maximum Gasteiger partial charge on any atom is 0.253 e. The van der Waals surface area contributed by atoms with Crippen LogP contribution in [-0.4, -0.2) is 25.4 Å². The zero-order valence-corrected chi connectivity index (χ0v) is 11.9. The summed E-state index contributed by atoms with van der Waals surface area (Å²) >= 11 is 6.85. The van der Waals surface area contributed by atoms with Gasteiger partial charge in [-0.3, -0.25) is 0 Å². The number of sulfonamides is 1. The van der Waals surface area contributed by atoms with Crippen LogP contribution >= 0.6 is 22.9 Å². The molecule has 0 amide bonds. The first-order chi connectivity index (χ1) is 7.93. The van der Waals surface area contributed by atoms with Crippen molar-refractivity contribution in [2.75, 3.05) is 6.54 Å². The number of rotatable bonds is 2. The summed E-state index contributed by atoms with van der Waals surface area (Å²) in [7, 11) is -3.48.